The summed E-state index contributed by atoms with van der Waals surface area (Å²) >= 11 is 0. The Morgan fingerprint density at radius 2 is 1.61 bits per heavy atom. The molecule has 0 unspecified atom stereocenters. The van der Waals surface area contributed by atoms with E-state index in [2.05, 4.69) is 9.72 Å². The van der Waals surface area contributed by atoms with E-state index < -0.39 is 12.3 Å². The quantitative estimate of drug-likeness (QED) is 0.603. The summed E-state index contributed by atoms with van der Waals surface area (Å²) < 4.78 is 52.4. The van der Waals surface area contributed by atoms with Crippen molar-refractivity contribution in [3.8, 4) is 16.9 Å². The number of alkyl halides is 3. The van der Waals surface area contributed by atoms with Crippen LogP contribution in [0.1, 0.15) is 0 Å². The van der Waals surface area contributed by atoms with Crippen LogP contribution in [0.5, 0.6) is 5.75 Å². The standard InChI is InChI=1S/C12H7F4NO/c13-11-7-9(5-6-17-11)8-1-3-10(4-2-8)18-12(14,15)16/h1-7H. The van der Waals surface area contributed by atoms with Gasteiger partial charge in [-0.2, -0.15) is 4.39 Å². The molecule has 0 saturated carbocycles. The van der Waals surface area contributed by atoms with Gasteiger partial charge >= 0.3 is 6.36 Å². The van der Waals surface area contributed by atoms with E-state index in [1.165, 1.54) is 36.5 Å². The van der Waals surface area contributed by atoms with Crippen LogP contribution in [0.3, 0.4) is 0 Å². The van der Waals surface area contributed by atoms with Crippen LogP contribution >= 0.6 is 0 Å². The number of aromatic nitrogens is 1. The molecule has 0 atom stereocenters. The summed E-state index contributed by atoms with van der Waals surface area (Å²) in [6.45, 7) is 0. The van der Waals surface area contributed by atoms with Crippen LogP contribution in [0, 0.1) is 5.95 Å². The minimum absolute atomic E-state index is 0.319. The number of halogens is 4. The van der Waals surface area contributed by atoms with E-state index in [4.69, 9.17) is 0 Å². The Morgan fingerprint density at radius 3 is 2.17 bits per heavy atom. The van der Waals surface area contributed by atoms with Crippen LogP contribution < -0.4 is 4.74 Å². The van der Waals surface area contributed by atoms with Crippen molar-refractivity contribution in [3.63, 3.8) is 0 Å². The Bertz CT molecular complexity index is 537. The average Bonchev–Trinajstić information content (AvgIpc) is 2.28. The maximum Gasteiger partial charge on any atom is 0.573 e. The highest BCUT2D eigenvalue weighted by molar-refractivity contribution is 5.63. The smallest absolute Gasteiger partial charge is 0.406 e. The van der Waals surface area contributed by atoms with Gasteiger partial charge < -0.3 is 4.74 Å². The molecule has 0 saturated heterocycles. The fraction of sp³-hybridized carbons (Fsp3) is 0.0833. The van der Waals surface area contributed by atoms with Gasteiger partial charge in [-0.1, -0.05) is 12.1 Å². The zero-order valence-electron chi connectivity index (χ0n) is 8.91. The Balaban J connectivity index is 2.22. The van der Waals surface area contributed by atoms with Gasteiger partial charge in [0, 0.05) is 12.3 Å². The molecule has 0 aliphatic carbocycles. The maximum absolute atomic E-state index is 12.9. The second-order valence-electron chi connectivity index (χ2n) is 3.44. The highest BCUT2D eigenvalue weighted by atomic mass is 19.4. The summed E-state index contributed by atoms with van der Waals surface area (Å²) in [6, 6.07) is 7.91. The highest BCUT2D eigenvalue weighted by Crippen LogP contribution is 2.26. The maximum atomic E-state index is 12.9. The molecular formula is C12H7F4NO. The fourth-order valence-electron chi connectivity index (χ4n) is 1.43. The number of ether oxygens (including phenoxy) is 1. The predicted octanol–water partition coefficient (Wildman–Crippen LogP) is 3.79. The second-order valence-corrected chi connectivity index (χ2v) is 3.44. The fourth-order valence-corrected chi connectivity index (χ4v) is 1.43. The SMILES string of the molecule is Fc1cc(-c2ccc(OC(F)(F)F)cc2)ccn1. The molecule has 0 amide bonds. The molecule has 2 aromatic rings. The van der Waals surface area contributed by atoms with Crippen molar-refractivity contribution in [2.45, 2.75) is 6.36 Å². The molecule has 1 aromatic heterocycles. The molecule has 2 rings (SSSR count). The van der Waals surface area contributed by atoms with Crippen molar-refractivity contribution >= 4 is 0 Å². The molecule has 1 heterocycles. The van der Waals surface area contributed by atoms with Gasteiger partial charge in [0.2, 0.25) is 5.95 Å². The first-order valence-electron chi connectivity index (χ1n) is 4.92. The summed E-state index contributed by atoms with van der Waals surface area (Å²) in [5.74, 6) is -0.969. The second kappa shape index (κ2) is 4.64. The summed E-state index contributed by atoms with van der Waals surface area (Å²) in [5.41, 5.74) is 1.10. The van der Waals surface area contributed by atoms with Crippen LogP contribution in [-0.4, -0.2) is 11.3 Å². The minimum Gasteiger partial charge on any atom is -0.406 e. The molecule has 0 radical (unpaired) electrons. The zero-order chi connectivity index (χ0) is 13.2. The van der Waals surface area contributed by atoms with E-state index in [0.29, 0.717) is 11.1 Å². The number of hydrogen-bond acceptors (Lipinski definition) is 2. The molecule has 18 heavy (non-hydrogen) atoms. The molecule has 0 fully saturated rings. The van der Waals surface area contributed by atoms with E-state index in [0.717, 1.165) is 0 Å². The lowest BCUT2D eigenvalue weighted by Crippen LogP contribution is -2.16. The van der Waals surface area contributed by atoms with Crippen molar-refractivity contribution in [1.29, 1.82) is 0 Å². The Hall–Kier alpha value is -2.11. The Kier molecular flexibility index (Phi) is 3.18. The van der Waals surface area contributed by atoms with Gasteiger partial charge in [-0.05, 0) is 29.3 Å². The summed E-state index contributed by atoms with van der Waals surface area (Å²) in [4.78, 5) is 3.39. The third-order valence-electron chi connectivity index (χ3n) is 2.15. The monoisotopic (exact) mass is 257 g/mol. The number of pyridine rings is 1. The first kappa shape index (κ1) is 12.3. The first-order valence-corrected chi connectivity index (χ1v) is 4.92. The molecule has 0 aliphatic heterocycles. The summed E-state index contributed by atoms with van der Waals surface area (Å²) in [5, 5.41) is 0. The molecule has 0 N–H and O–H groups in total. The molecule has 0 bridgehead atoms. The highest BCUT2D eigenvalue weighted by Gasteiger charge is 2.30. The van der Waals surface area contributed by atoms with Gasteiger partial charge in [0.15, 0.2) is 0 Å². The van der Waals surface area contributed by atoms with E-state index in [1.807, 2.05) is 0 Å². The number of benzene rings is 1. The molecule has 0 spiro atoms. The van der Waals surface area contributed by atoms with Gasteiger partial charge in [0.05, 0.1) is 0 Å². The van der Waals surface area contributed by atoms with E-state index in [1.54, 1.807) is 6.07 Å². The Labute approximate surface area is 99.8 Å². The van der Waals surface area contributed by atoms with Crippen LogP contribution in [0.2, 0.25) is 0 Å². The van der Waals surface area contributed by atoms with Crippen molar-refractivity contribution < 1.29 is 22.3 Å². The van der Waals surface area contributed by atoms with E-state index in [9.17, 15) is 17.6 Å². The van der Waals surface area contributed by atoms with Crippen molar-refractivity contribution in [3.05, 3.63) is 48.5 Å². The van der Waals surface area contributed by atoms with Crippen molar-refractivity contribution in [1.82, 2.24) is 4.98 Å². The largest absolute Gasteiger partial charge is 0.573 e. The van der Waals surface area contributed by atoms with Crippen molar-refractivity contribution in [2.24, 2.45) is 0 Å². The molecule has 1 aromatic carbocycles. The van der Waals surface area contributed by atoms with Gasteiger partial charge in [-0.3, -0.25) is 0 Å². The van der Waals surface area contributed by atoms with Crippen LogP contribution in [-0.2, 0) is 0 Å². The molecule has 2 nitrogen and oxygen atoms in total. The van der Waals surface area contributed by atoms with E-state index >= 15 is 0 Å². The lowest BCUT2D eigenvalue weighted by atomic mass is 10.1. The lowest BCUT2D eigenvalue weighted by molar-refractivity contribution is -0.274. The number of hydrogen-bond donors (Lipinski definition) is 0. The van der Waals surface area contributed by atoms with Gasteiger partial charge in [0.1, 0.15) is 5.75 Å². The Morgan fingerprint density at radius 1 is 0.944 bits per heavy atom. The third kappa shape index (κ3) is 3.19. The average molecular weight is 257 g/mol. The minimum atomic E-state index is -4.72. The van der Waals surface area contributed by atoms with Crippen LogP contribution in [0.4, 0.5) is 17.6 Å². The van der Waals surface area contributed by atoms with Crippen LogP contribution in [0.25, 0.3) is 11.1 Å². The van der Waals surface area contributed by atoms with Gasteiger partial charge in [-0.15, -0.1) is 13.2 Å². The zero-order valence-corrected chi connectivity index (χ0v) is 8.91. The van der Waals surface area contributed by atoms with Gasteiger partial charge in [0.25, 0.3) is 0 Å². The summed E-state index contributed by atoms with van der Waals surface area (Å²) in [7, 11) is 0. The number of nitrogens with zero attached hydrogens (tertiary/aromatic N) is 1. The van der Waals surface area contributed by atoms with Gasteiger partial charge in [-0.25, -0.2) is 4.98 Å². The number of rotatable bonds is 2. The van der Waals surface area contributed by atoms with E-state index in [-0.39, 0.29) is 5.75 Å². The first-order chi connectivity index (χ1) is 8.44. The van der Waals surface area contributed by atoms with Crippen LogP contribution in [0.15, 0.2) is 42.6 Å². The van der Waals surface area contributed by atoms with Crippen molar-refractivity contribution in [2.75, 3.05) is 0 Å². The lowest BCUT2D eigenvalue weighted by Gasteiger charge is -2.09. The molecule has 6 heteroatoms. The summed E-state index contributed by atoms with van der Waals surface area (Å²) in [6.07, 6.45) is -3.44. The molecule has 94 valence electrons. The third-order valence-corrected chi connectivity index (χ3v) is 2.15. The normalized spacial score (nSPS) is 11.3. The predicted molar refractivity (Wildman–Crippen MR) is 56.3 cm³/mol. The topological polar surface area (TPSA) is 22.1 Å². The molecular weight excluding hydrogens is 250 g/mol. The molecule has 0 aliphatic rings.